The molecule has 0 saturated carbocycles. The van der Waals surface area contributed by atoms with Crippen LogP contribution in [-0.2, 0) is 6.54 Å². The summed E-state index contributed by atoms with van der Waals surface area (Å²) in [6, 6.07) is 0. The highest BCUT2D eigenvalue weighted by Crippen LogP contribution is 2.01. The van der Waals surface area contributed by atoms with E-state index in [4.69, 9.17) is 4.42 Å². The highest BCUT2D eigenvalue weighted by Gasteiger charge is 2.10. The predicted octanol–water partition coefficient (Wildman–Crippen LogP) is 0.534. The summed E-state index contributed by atoms with van der Waals surface area (Å²) in [4.78, 5) is 15.3. The Morgan fingerprint density at radius 2 is 2.29 bits per heavy atom. The lowest BCUT2D eigenvalue weighted by Gasteiger charge is -1.95. The van der Waals surface area contributed by atoms with Crippen LogP contribution in [0.15, 0.2) is 10.7 Å². The zero-order chi connectivity index (χ0) is 10.4. The maximum Gasteiger partial charge on any atom is 0.273 e. The molecule has 0 aliphatic carbocycles. The first-order valence-corrected chi connectivity index (χ1v) is 4.71. The zero-order valence-electron chi connectivity index (χ0n) is 8.46. The number of amides is 1. The highest BCUT2D eigenvalue weighted by atomic mass is 16.3. The second kappa shape index (κ2) is 5.39. The van der Waals surface area contributed by atoms with Gasteiger partial charge in [0, 0.05) is 6.54 Å². The van der Waals surface area contributed by atoms with Crippen molar-refractivity contribution in [1.82, 2.24) is 15.6 Å². The summed E-state index contributed by atoms with van der Waals surface area (Å²) in [7, 11) is 0. The molecule has 78 valence electrons. The third kappa shape index (κ3) is 2.85. The minimum absolute atomic E-state index is 0.195. The topological polar surface area (TPSA) is 67.2 Å². The van der Waals surface area contributed by atoms with E-state index in [0.717, 1.165) is 6.54 Å². The van der Waals surface area contributed by atoms with Crippen molar-refractivity contribution in [2.24, 2.45) is 0 Å². The van der Waals surface area contributed by atoms with Gasteiger partial charge in [-0.3, -0.25) is 4.79 Å². The molecule has 0 aliphatic rings. The first-order valence-electron chi connectivity index (χ1n) is 4.71. The van der Waals surface area contributed by atoms with Crippen LogP contribution < -0.4 is 10.6 Å². The van der Waals surface area contributed by atoms with Crippen LogP contribution in [0.1, 0.15) is 30.2 Å². The first kappa shape index (κ1) is 10.7. The maximum atomic E-state index is 11.3. The van der Waals surface area contributed by atoms with E-state index in [9.17, 15) is 4.79 Å². The van der Waals surface area contributed by atoms with Crippen LogP contribution >= 0.6 is 0 Å². The summed E-state index contributed by atoms with van der Waals surface area (Å²) in [6.07, 6.45) is 1.37. The van der Waals surface area contributed by atoms with Crippen molar-refractivity contribution in [1.29, 1.82) is 0 Å². The smallest absolute Gasteiger partial charge is 0.273 e. The van der Waals surface area contributed by atoms with Gasteiger partial charge in [0.2, 0.25) is 5.89 Å². The number of nitrogens with one attached hydrogen (secondary N) is 2. The van der Waals surface area contributed by atoms with E-state index in [0.29, 0.717) is 24.7 Å². The molecule has 0 unspecified atom stereocenters. The highest BCUT2D eigenvalue weighted by molar-refractivity contribution is 5.91. The van der Waals surface area contributed by atoms with Crippen molar-refractivity contribution in [3.63, 3.8) is 0 Å². The Balaban J connectivity index is 2.54. The molecule has 0 fully saturated rings. The molecular formula is C9H15N3O2. The largest absolute Gasteiger partial charge is 0.447 e. The molecule has 0 aliphatic heterocycles. The molecule has 0 atom stereocenters. The van der Waals surface area contributed by atoms with Crippen molar-refractivity contribution >= 4 is 5.91 Å². The molecule has 5 nitrogen and oxygen atoms in total. The molecule has 0 radical (unpaired) electrons. The standard InChI is InChI=1S/C9H15N3O2/c1-3-10-5-8-12-7(6-14-8)9(13)11-4-2/h6,10H,3-5H2,1-2H3,(H,11,13). The minimum atomic E-state index is -0.195. The lowest BCUT2D eigenvalue weighted by molar-refractivity contribution is 0.0951. The summed E-state index contributed by atoms with van der Waals surface area (Å²) >= 11 is 0. The second-order valence-electron chi connectivity index (χ2n) is 2.77. The van der Waals surface area contributed by atoms with Crippen LogP contribution in [0.25, 0.3) is 0 Å². The molecule has 1 aromatic heterocycles. The molecule has 1 heterocycles. The molecule has 0 saturated heterocycles. The lowest BCUT2D eigenvalue weighted by Crippen LogP contribution is -2.23. The molecule has 2 N–H and O–H groups in total. The monoisotopic (exact) mass is 197 g/mol. The van der Waals surface area contributed by atoms with Gasteiger partial charge >= 0.3 is 0 Å². The van der Waals surface area contributed by atoms with E-state index >= 15 is 0 Å². The second-order valence-corrected chi connectivity index (χ2v) is 2.77. The average Bonchev–Trinajstić information content (AvgIpc) is 2.63. The van der Waals surface area contributed by atoms with Crippen LogP contribution in [0.5, 0.6) is 0 Å². The van der Waals surface area contributed by atoms with E-state index < -0.39 is 0 Å². The summed E-state index contributed by atoms with van der Waals surface area (Å²) in [5, 5.41) is 5.71. The molecule has 1 aromatic rings. The van der Waals surface area contributed by atoms with E-state index in [1.807, 2.05) is 13.8 Å². The summed E-state index contributed by atoms with van der Waals surface area (Å²) in [5.41, 5.74) is 0.333. The molecular weight excluding hydrogens is 182 g/mol. The van der Waals surface area contributed by atoms with E-state index in [-0.39, 0.29) is 5.91 Å². The van der Waals surface area contributed by atoms with Gasteiger partial charge in [-0.05, 0) is 13.5 Å². The molecule has 5 heteroatoms. The van der Waals surface area contributed by atoms with Gasteiger partial charge in [-0.25, -0.2) is 4.98 Å². The van der Waals surface area contributed by atoms with Crippen molar-refractivity contribution < 1.29 is 9.21 Å². The van der Waals surface area contributed by atoms with Gasteiger partial charge in [-0.1, -0.05) is 6.92 Å². The quantitative estimate of drug-likeness (QED) is 0.722. The molecule has 1 rings (SSSR count). The average molecular weight is 197 g/mol. The number of rotatable bonds is 5. The molecule has 0 aromatic carbocycles. The Hall–Kier alpha value is -1.36. The van der Waals surface area contributed by atoms with Crippen molar-refractivity contribution in [3.05, 3.63) is 17.8 Å². The third-order valence-electron chi connectivity index (χ3n) is 1.65. The fourth-order valence-corrected chi connectivity index (χ4v) is 0.979. The number of hydrogen-bond donors (Lipinski definition) is 2. The fraction of sp³-hybridized carbons (Fsp3) is 0.556. The van der Waals surface area contributed by atoms with Crippen molar-refractivity contribution in [2.45, 2.75) is 20.4 Å². The SMILES string of the molecule is CCNCc1nc(C(=O)NCC)co1. The zero-order valence-corrected chi connectivity index (χ0v) is 8.46. The molecule has 14 heavy (non-hydrogen) atoms. The molecule has 1 amide bonds. The fourth-order valence-electron chi connectivity index (χ4n) is 0.979. The van der Waals surface area contributed by atoms with Gasteiger partial charge in [0.05, 0.1) is 6.54 Å². The predicted molar refractivity (Wildman–Crippen MR) is 51.9 cm³/mol. The van der Waals surface area contributed by atoms with Gasteiger partial charge in [-0.15, -0.1) is 0 Å². The first-order chi connectivity index (χ1) is 6.77. The van der Waals surface area contributed by atoms with Crippen LogP contribution in [0.2, 0.25) is 0 Å². The van der Waals surface area contributed by atoms with E-state index in [1.165, 1.54) is 6.26 Å². The lowest BCUT2D eigenvalue weighted by atomic mass is 10.4. The molecule has 0 bridgehead atoms. The number of carbonyl (C=O) groups excluding carboxylic acids is 1. The molecule has 0 spiro atoms. The van der Waals surface area contributed by atoms with Gasteiger partial charge in [0.1, 0.15) is 6.26 Å². The van der Waals surface area contributed by atoms with Crippen LogP contribution in [-0.4, -0.2) is 24.0 Å². The van der Waals surface area contributed by atoms with Crippen molar-refractivity contribution in [3.8, 4) is 0 Å². The van der Waals surface area contributed by atoms with Gasteiger partial charge in [-0.2, -0.15) is 0 Å². The maximum absolute atomic E-state index is 11.3. The Kier molecular flexibility index (Phi) is 4.12. The Morgan fingerprint density at radius 1 is 1.50 bits per heavy atom. The van der Waals surface area contributed by atoms with E-state index in [1.54, 1.807) is 0 Å². The Morgan fingerprint density at radius 3 is 2.93 bits per heavy atom. The number of hydrogen-bond acceptors (Lipinski definition) is 4. The number of aromatic nitrogens is 1. The van der Waals surface area contributed by atoms with Crippen LogP contribution in [0.4, 0.5) is 0 Å². The third-order valence-corrected chi connectivity index (χ3v) is 1.65. The summed E-state index contributed by atoms with van der Waals surface area (Å²) < 4.78 is 5.10. The normalized spacial score (nSPS) is 10.1. The van der Waals surface area contributed by atoms with Gasteiger partial charge in [0.15, 0.2) is 5.69 Å². The van der Waals surface area contributed by atoms with Crippen molar-refractivity contribution in [2.75, 3.05) is 13.1 Å². The summed E-state index contributed by atoms with van der Waals surface area (Å²) in [6.45, 7) is 5.84. The Labute approximate surface area is 82.9 Å². The van der Waals surface area contributed by atoms with Gasteiger partial charge in [0.25, 0.3) is 5.91 Å². The number of nitrogens with zero attached hydrogens (tertiary/aromatic N) is 1. The number of oxazole rings is 1. The Bertz CT molecular complexity index is 296. The summed E-state index contributed by atoms with van der Waals surface area (Å²) in [5.74, 6) is 0.340. The van der Waals surface area contributed by atoms with Gasteiger partial charge < -0.3 is 15.1 Å². The minimum Gasteiger partial charge on any atom is -0.447 e. The number of carbonyl (C=O) groups is 1. The van der Waals surface area contributed by atoms with Crippen LogP contribution in [0, 0.1) is 0 Å². The van der Waals surface area contributed by atoms with E-state index in [2.05, 4.69) is 15.6 Å². The van der Waals surface area contributed by atoms with Crippen LogP contribution in [0.3, 0.4) is 0 Å².